The minimum absolute atomic E-state index is 0.0925. The van der Waals surface area contributed by atoms with Gasteiger partial charge in [-0.05, 0) is 46.1 Å². The number of H-pyrrole nitrogens is 1. The van der Waals surface area contributed by atoms with Crippen molar-refractivity contribution in [1.82, 2.24) is 14.9 Å². The number of carbonyl (C=O) groups excluding carboxylic acids is 1. The molecule has 0 aliphatic carbocycles. The second-order valence-electron chi connectivity index (χ2n) is 9.39. The number of amides is 1. The Bertz CT molecular complexity index is 1010. The van der Waals surface area contributed by atoms with Crippen LogP contribution in [-0.2, 0) is 26.4 Å². The molecule has 0 spiro atoms. The third-order valence-corrected chi connectivity index (χ3v) is 5.67. The monoisotopic (exact) mass is 459 g/mol. The van der Waals surface area contributed by atoms with E-state index in [2.05, 4.69) is 9.97 Å². The summed E-state index contributed by atoms with van der Waals surface area (Å²) in [4.78, 5) is 33.6. The van der Waals surface area contributed by atoms with Gasteiger partial charge in [0, 0.05) is 7.05 Å². The second kappa shape index (κ2) is 9.93. The van der Waals surface area contributed by atoms with Crippen LogP contribution in [0, 0.1) is 6.92 Å². The zero-order valence-corrected chi connectivity index (χ0v) is 19.9. The summed E-state index contributed by atoms with van der Waals surface area (Å²) in [5.41, 5.74) is -1.16. The molecule has 1 fully saturated rings. The van der Waals surface area contributed by atoms with E-state index in [9.17, 15) is 14.7 Å². The van der Waals surface area contributed by atoms with E-state index < -0.39 is 28.5 Å². The van der Waals surface area contributed by atoms with Crippen molar-refractivity contribution in [2.45, 2.75) is 64.4 Å². The van der Waals surface area contributed by atoms with Crippen LogP contribution in [-0.4, -0.2) is 58.0 Å². The molecule has 0 saturated carbocycles. The second-order valence-corrected chi connectivity index (χ2v) is 9.39. The molecule has 1 aromatic heterocycles. The van der Waals surface area contributed by atoms with Gasteiger partial charge < -0.3 is 24.3 Å². The number of rotatable bonds is 6. The molecule has 1 aromatic carbocycles. The zero-order chi connectivity index (χ0) is 24.2. The molecule has 2 heterocycles. The van der Waals surface area contributed by atoms with Crippen molar-refractivity contribution >= 4 is 6.09 Å². The molecule has 33 heavy (non-hydrogen) atoms. The molecule has 9 heteroatoms. The topological polar surface area (TPSA) is 114 Å². The average molecular weight is 460 g/mol. The Morgan fingerprint density at radius 3 is 2.61 bits per heavy atom. The lowest BCUT2D eigenvalue weighted by Gasteiger charge is -2.45. The minimum atomic E-state index is -1.06. The van der Waals surface area contributed by atoms with E-state index in [-0.39, 0.29) is 24.2 Å². The Hall–Kier alpha value is -2.91. The van der Waals surface area contributed by atoms with Crippen molar-refractivity contribution < 1.29 is 24.1 Å². The van der Waals surface area contributed by atoms with Crippen LogP contribution < -0.4 is 5.56 Å². The van der Waals surface area contributed by atoms with Gasteiger partial charge in [0.2, 0.25) is 5.75 Å². The number of aromatic nitrogens is 2. The highest BCUT2D eigenvalue weighted by atomic mass is 16.6. The lowest BCUT2D eigenvalue weighted by atomic mass is 9.87. The summed E-state index contributed by atoms with van der Waals surface area (Å²) in [6.45, 7) is 7.87. The quantitative estimate of drug-likeness (QED) is 0.682. The van der Waals surface area contributed by atoms with Gasteiger partial charge in [0.05, 0.1) is 31.6 Å². The number of nitrogens with zero attached hydrogens (tertiary/aromatic N) is 2. The fourth-order valence-corrected chi connectivity index (χ4v) is 3.74. The largest absolute Gasteiger partial charge is 0.502 e. The number of aromatic hydroxyl groups is 1. The normalized spacial score (nSPS) is 20.9. The number of benzene rings is 1. The first kappa shape index (κ1) is 24.7. The molecule has 2 N–H and O–H groups in total. The van der Waals surface area contributed by atoms with Crippen molar-refractivity contribution in [3.63, 3.8) is 0 Å². The highest BCUT2D eigenvalue weighted by Crippen LogP contribution is 2.37. The molecule has 1 aliphatic rings. The van der Waals surface area contributed by atoms with E-state index >= 15 is 0 Å². The van der Waals surface area contributed by atoms with E-state index in [1.165, 1.54) is 4.90 Å². The van der Waals surface area contributed by atoms with Crippen molar-refractivity contribution in [1.29, 1.82) is 0 Å². The fraction of sp³-hybridized carbons (Fsp3) is 0.542. The van der Waals surface area contributed by atoms with Gasteiger partial charge in [-0.1, -0.05) is 30.3 Å². The predicted molar refractivity (Wildman–Crippen MR) is 122 cm³/mol. The molecule has 1 amide bonds. The Morgan fingerprint density at radius 2 is 2.03 bits per heavy atom. The van der Waals surface area contributed by atoms with Gasteiger partial charge in [-0.2, -0.15) is 0 Å². The molecule has 1 saturated heterocycles. The minimum Gasteiger partial charge on any atom is -0.502 e. The highest BCUT2D eigenvalue weighted by Gasteiger charge is 2.47. The first-order valence-corrected chi connectivity index (χ1v) is 11.0. The van der Waals surface area contributed by atoms with E-state index in [0.29, 0.717) is 26.1 Å². The average Bonchev–Trinajstić information content (AvgIpc) is 2.77. The molecular formula is C24H33N3O6. The molecule has 0 radical (unpaired) electrons. The van der Waals surface area contributed by atoms with Gasteiger partial charge in [0.15, 0.2) is 0 Å². The maximum Gasteiger partial charge on any atom is 0.410 e. The van der Waals surface area contributed by atoms with Crippen LogP contribution in [0.3, 0.4) is 0 Å². The lowest BCUT2D eigenvalue weighted by Crippen LogP contribution is -2.56. The molecule has 3 rings (SSSR count). The van der Waals surface area contributed by atoms with Crippen molar-refractivity contribution in [3.05, 3.63) is 57.8 Å². The smallest absolute Gasteiger partial charge is 0.410 e. The maximum atomic E-state index is 12.9. The third kappa shape index (κ3) is 5.91. The maximum absolute atomic E-state index is 12.9. The van der Waals surface area contributed by atoms with Gasteiger partial charge in [0.25, 0.3) is 5.56 Å². The molecule has 9 nitrogen and oxygen atoms in total. The van der Waals surface area contributed by atoms with E-state index in [1.54, 1.807) is 34.7 Å². The third-order valence-electron chi connectivity index (χ3n) is 5.67. The van der Waals surface area contributed by atoms with Crippen LogP contribution in [0.1, 0.15) is 50.7 Å². The van der Waals surface area contributed by atoms with Crippen molar-refractivity contribution in [2.24, 2.45) is 0 Å². The number of hydrogen-bond donors (Lipinski definition) is 2. The summed E-state index contributed by atoms with van der Waals surface area (Å²) in [6.07, 6.45) is 0.318. The lowest BCUT2D eigenvalue weighted by molar-refractivity contribution is -0.113. The molecule has 2 atom stereocenters. The standard InChI is InChI=1S/C24H33N3O6/c1-16-19(28)20(29)26-21(25-16)24(27(5)22(30)33-23(2,3)4)12-11-18(32-15-24)14-31-13-17-9-7-6-8-10-17/h6-10,18,28H,11-15H2,1-5H3,(H,25,26,29)/t18-,24+/m1/s1. The van der Waals surface area contributed by atoms with Gasteiger partial charge in [-0.15, -0.1) is 0 Å². The van der Waals surface area contributed by atoms with Crippen LogP contribution in [0.25, 0.3) is 0 Å². The van der Waals surface area contributed by atoms with Crippen LogP contribution in [0.4, 0.5) is 4.79 Å². The molecule has 0 bridgehead atoms. The van der Waals surface area contributed by atoms with Gasteiger partial charge in [-0.25, -0.2) is 9.78 Å². The van der Waals surface area contributed by atoms with Crippen molar-refractivity contribution in [3.8, 4) is 5.75 Å². The first-order valence-electron chi connectivity index (χ1n) is 11.0. The summed E-state index contributed by atoms with van der Waals surface area (Å²) in [7, 11) is 1.60. The van der Waals surface area contributed by atoms with E-state index in [4.69, 9.17) is 14.2 Å². The first-order chi connectivity index (χ1) is 15.5. The fourth-order valence-electron chi connectivity index (χ4n) is 3.74. The summed E-state index contributed by atoms with van der Waals surface area (Å²) >= 11 is 0. The summed E-state index contributed by atoms with van der Waals surface area (Å²) in [5.74, 6) is -0.197. The number of hydrogen-bond acceptors (Lipinski definition) is 7. The summed E-state index contributed by atoms with van der Waals surface area (Å²) in [5, 5.41) is 9.89. The number of aromatic amines is 1. The number of aryl methyl sites for hydroxylation is 1. The number of nitrogens with one attached hydrogen (secondary N) is 1. The van der Waals surface area contributed by atoms with Gasteiger partial charge >= 0.3 is 6.09 Å². The molecular weight excluding hydrogens is 426 g/mol. The predicted octanol–water partition coefficient (Wildman–Crippen LogP) is 3.24. The molecule has 180 valence electrons. The number of likely N-dealkylation sites (N-methyl/N-ethyl adjacent to an activating group) is 1. The summed E-state index contributed by atoms with van der Waals surface area (Å²) < 4.78 is 17.5. The summed E-state index contributed by atoms with van der Waals surface area (Å²) in [6, 6.07) is 9.88. The van der Waals surface area contributed by atoms with Gasteiger partial charge in [-0.3, -0.25) is 9.69 Å². The van der Waals surface area contributed by atoms with Crippen LogP contribution in [0.2, 0.25) is 0 Å². The SMILES string of the molecule is Cc1nc([C@]2(N(C)C(=O)OC(C)(C)C)CC[C@H](COCc3ccccc3)OC2)[nH]c(=O)c1O. The highest BCUT2D eigenvalue weighted by molar-refractivity contribution is 5.69. The zero-order valence-electron chi connectivity index (χ0n) is 19.9. The van der Waals surface area contributed by atoms with Crippen molar-refractivity contribution in [2.75, 3.05) is 20.3 Å². The van der Waals surface area contributed by atoms with E-state index in [0.717, 1.165) is 5.56 Å². The van der Waals surface area contributed by atoms with Gasteiger partial charge in [0.1, 0.15) is 17.0 Å². The van der Waals surface area contributed by atoms with Crippen LogP contribution >= 0.6 is 0 Å². The molecule has 2 aromatic rings. The van der Waals surface area contributed by atoms with Crippen LogP contribution in [0.5, 0.6) is 5.75 Å². The Kier molecular flexibility index (Phi) is 7.44. The number of carbonyl (C=O) groups is 1. The Labute approximate surface area is 193 Å². The van der Waals surface area contributed by atoms with E-state index in [1.807, 2.05) is 30.3 Å². The molecule has 0 unspecified atom stereocenters. The Morgan fingerprint density at radius 1 is 1.33 bits per heavy atom. The van der Waals surface area contributed by atoms with Crippen LogP contribution in [0.15, 0.2) is 35.1 Å². The molecule has 1 aliphatic heterocycles. The Balaban J connectivity index is 1.78. The number of ether oxygens (including phenoxy) is 3.